The summed E-state index contributed by atoms with van der Waals surface area (Å²) in [5, 5.41) is 3.38. The summed E-state index contributed by atoms with van der Waals surface area (Å²) >= 11 is 0. The molecule has 18 heavy (non-hydrogen) atoms. The second kappa shape index (κ2) is 5.57. The number of morpholine rings is 1. The molecular weight excluding hydrogens is 228 g/mol. The van der Waals surface area contributed by atoms with Gasteiger partial charge in [0.25, 0.3) is 0 Å². The summed E-state index contributed by atoms with van der Waals surface area (Å²) in [7, 11) is 0. The van der Waals surface area contributed by atoms with Crippen LogP contribution in [0.2, 0.25) is 0 Å². The Bertz CT molecular complexity index is 302. The van der Waals surface area contributed by atoms with Crippen molar-refractivity contribution in [1.29, 1.82) is 0 Å². The van der Waals surface area contributed by atoms with Crippen LogP contribution in [0.1, 0.15) is 38.5 Å². The Labute approximate surface area is 109 Å². The average molecular weight is 252 g/mol. The topological polar surface area (TPSA) is 41.6 Å². The molecule has 0 spiro atoms. The molecule has 3 aliphatic rings. The fourth-order valence-electron chi connectivity index (χ4n) is 3.84. The zero-order valence-corrected chi connectivity index (χ0v) is 11.1. The van der Waals surface area contributed by atoms with E-state index in [1.54, 1.807) is 0 Å². The maximum absolute atomic E-state index is 12.4. The van der Waals surface area contributed by atoms with E-state index in [0.717, 1.165) is 25.6 Å². The molecule has 2 heterocycles. The second-order valence-electron chi connectivity index (χ2n) is 5.92. The highest BCUT2D eigenvalue weighted by Crippen LogP contribution is 2.37. The number of nitrogens with zero attached hydrogens (tertiary/aromatic N) is 1. The van der Waals surface area contributed by atoms with Crippen LogP contribution in [0.25, 0.3) is 0 Å². The van der Waals surface area contributed by atoms with Crippen LogP contribution in [0.15, 0.2) is 0 Å². The summed E-state index contributed by atoms with van der Waals surface area (Å²) in [4.78, 5) is 14.6. The number of nitrogens with one attached hydrogen (secondary N) is 1. The molecule has 3 fully saturated rings. The third-order valence-electron chi connectivity index (χ3n) is 4.73. The van der Waals surface area contributed by atoms with E-state index in [9.17, 15) is 4.79 Å². The minimum absolute atomic E-state index is 0.230. The van der Waals surface area contributed by atoms with Crippen molar-refractivity contribution in [1.82, 2.24) is 10.2 Å². The lowest BCUT2D eigenvalue weighted by molar-refractivity contribution is -0.137. The van der Waals surface area contributed by atoms with Gasteiger partial charge >= 0.3 is 0 Å². The smallest absolute Gasteiger partial charge is 0.224 e. The highest BCUT2D eigenvalue weighted by molar-refractivity contribution is 5.77. The standard InChI is InChI=1S/C14H24N2O2/c17-14(9-12-10-18-8-6-15-12)16-7-2-4-11-3-1-5-13(11)16/h11-13,15H,1-10H2. The summed E-state index contributed by atoms with van der Waals surface area (Å²) in [6.45, 7) is 3.32. The summed E-state index contributed by atoms with van der Waals surface area (Å²) in [5.74, 6) is 1.13. The first-order valence-electron chi connectivity index (χ1n) is 7.45. The highest BCUT2D eigenvalue weighted by Gasteiger charge is 2.37. The Morgan fingerprint density at radius 2 is 2.17 bits per heavy atom. The van der Waals surface area contributed by atoms with Crippen LogP contribution in [-0.2, 0) is 9.53 Å². The number of likely N-dealkylation sites (tertiary alicyclic amines) is 1. The molecule has 102 valence electrons. The van der Waals surface area contributed by atoms with Crippen molar-refractivity contribution in [2.75, 3.05) is 26.3 Å². The first kappa shape index (κ1) is 12.4. The Morgan fingerprint density at radius 3 is 3.00 bits per heavy atom. The van der Waals surface area contributed by atoms with Crippen molar-refractivity contribution in [2.45, 2.75) is 50.6 Å². The lowest BCUT2D eigenvalue weighted by Crippen LogP contribution is -2.50. The van der Waals surface area contributed by atoms with Gasteiger partial charge in [-0.1, -0.05) is 6.42 Å². The van der Waals surface area contributed by atoms with Crippen molar-refractivity contribution >= 4 is 5.91 Å². The Morgan fingerprint density at radius 1 is 1.28 bits per heavy atom. The van der Waals surface area contributed by atoms with Crippen molar-refractivity contribution in [3.05, 3.63) is 0 Å². The normalized spacial score (nSPS) is 36.4. The van der Waals surface area contributed by atoms with Gasteiger partial charge in [0.1, 0.15) is 0 Å². The highest BCUT2D eigenvalue weighted by atomic mass is 16.5. The van der Waals surface area contributed by atoms with E-state index in [2.05, 4.69) is 10.2 Å². The molecule has 1 saturated carbocycles. The van der Waals surface area contributed by atoms with Crippen LogP contribution in [0.5, 0.6) is 0 Å². The third kappa shape index (κ3) is 2.54. The zero-order chi connectivity index (χ0) is 12.4. The Hall–Kier alpha value is -0.610. The first-order valence-corrected chi connectivity index (χ1v) is 7.45. The van der Waals surface area contributed by atoms with Gasteiger partial charge < -0.3 is 15.0 Å². The lowest BCUT2D eigenvalue weighted by Gasteiger charge is -2.38. The number of carbonyl (C=O) groups is 1. The fraction of sp³-hybridized carbons (Fsp3) is 0.929. The number of rotatable bonds is 2. The van der Waals surface area contributed by atoms with Crippen LogP contribution < -0.4 is 5.32 Å². The zero-order valence-electron chi connectivity index (χ0n) is 11.1. The molecule has 4 heteroatoms. The number of piperidine rings is 1. The summed E-state index contributed by atoms with van der Waals surface area (Å²) in [6.07, 6.45) is 7.01. The number of hydrogen-bond donors (Lipinski definition) is 1. The molecule has 3 atom stereocenters. The van der Waals surface area contributed by atoms with E-state index in [1.165, 1.54) is 32.1 Å². The molecule has 0 aromatic rings. The van der Waals surface area contributed by atoms with Gasteiger partial charge in [0.15, 0.2) is 0 Å². The lowest BCUT2D eigenvalue weighted by atomic mass is 9.91. The van der Waals surface area contributed by atoms with Crippen LogP contribution in [0.4, 0.5) is 0 Å². The molecule has 0 radical (unpaired) electrons. The second-order valence-corrected chi connectivity index (χ2v) is 5.92. The van der Waals surface area contributed by atoms with Gasteiger partial charge in [-0.15, -0.1) is 0 Å². The van der Waals surface area contributed by atoms with Gasteiger partial charge in [-0.3, -0.25) is 4.79 Å². The molecule has 0 aromatic carbocycles. The van der Waals surface area contributed by atoms with E-state index in [4.69, 9.17) is 4.74 Å². The molecule has 3 unspecified atom stereocenters. The molecule has 3 rings (SSSR count). The Balaban J connectivity index is 1.57. The molecule has 1 N–H and O–H groups in total. The molecular formula is C14H24N2O2. The van der Waals surface area contributed by atoms with Gasteiger partial charge in [0, 0.05) is 31.6 Å². The van der Waals surface area contributed by atoms with Crippen molar-refractivity contribution < 1.29 is 9.53 Å². The van der Waals surface area contributed by atoms with Gasteiger partial charge in [0.05, 0.1) is 13.2 Å². The molecule has 2 aliphatic heterocycles. The van der Waals surface area contributed by atoms with E-state index in [-0.39, 0.29) is 6.04 Å². The third-order valence-corrected chi connectivity index (χ3v) is 4.73. The van der Waals surface area contributed by atoms with Crippen molar-refractivity contribution in [3.63, 3.8) is 0 Å². The van der Waals surface area contributed by atoms with Crippen LogP contribution in [0.3, 0.4) is 0 Å². The van der Waals surface area contributed by atoms with Crippen LogP contribution in [-0.4, -0.2) is 49.2 Å². The molecule has 0 bridgehead atoms. The number of fused-ring (bicyclic) bond motifs is 1. The van der Waals surface area contributed by atoms with Gasteiger partial charge in [-0.25, -0.2) is 0 Å². The SMILES string of the molecule is O=C(CC1COCCN1)N1CCCC2CCCC21. The molecule has 1 amide bonds. The summed E-state index contributed by atoms with van der Waals surface area (Å²) in [5.41, 5.74) is 0. The van der Waals surface area contributed by atoms with Crippen LogP contribution in [0, 0.1) is 5.92 Å². The first-order chi connectivity index (χ1) is 8.84. The maximum Gasteiger partial charge on any atom is 0.224 e. The molecule has 1 aliphatic carbocycles. The average Bonchev–Trinajstić information content (AvgIpc) is 2.87. The van der Waals surface area contributed by atoms with Gasteiger partial charge in [-0.05, 0) is 31.6 Å². The molecule has 2 saturated heterocycles. The Kier molecular flexibility index (Phi) is 3.85. The predicted octanol–water partition coefficient (Wildman–Crippen LogP) is 1.16. The number of amides is 1. The minimum atomic E-state index is 0.230. The fourth-order valence-corrected chi connectivity index (χ4v) is 3.84. The molecule has 0 aromatic heterocycles. The summed E-state index contributed by atoms with van der Waals surface area (Å²) in [6, 6.07) is 0.781. The summed E-state index contributed by atoms with van der Waals surface area (Å²) < 4.78 is 5.42. The largest absolute Gasteiger partial charge is 0.378 e. The van der Waals surface area contributed by atoms with E-state index >= 15 is 0 Å². The van der Waals surface area contributed by atoms with Gasteiger partial charge in [0.2, 0.25) is 5.91 Å². The monoisotopic (exact) mass is 252 g/mol. The predicted molar refractivity (Wildman–Crippen MR) is 69.3 cm³/mol. The van der Waals surface area contributed by atoms with Crippen molar-refractivity contribution in [2.24, 2.45) is 5.92 Å². The van der Waals surface area contributed by atoms with Crippen LogP contribution >= 0.6 is 0 Å². The molecule has 4 nitrogen and oxygen atoms in total. The van der Waals surface area contributed by atoms with E-state index in [0.29, 0.717) is 25.0 Å². The van der Waals surface area contributed by atoms with Gasteiger partial charge in [-0.2, -0.15) is 0 Å². The van der Waals surface area contributed by atoms with Crippen molar-refractivity contribution in [3.8, 4) is 0 Å². The quantitative estimate of drug-likeness (QED) is 0.802. The number of carbonyl (C=O) groups excluding carboxylic acids is 1. The number of hydrogen-bond acceptors (Lipinski definition) is 3. The van der Waals surface area contributed by atoms with E-state index < -0.39 is 0 Å². The minimum Gasteiger partial charge on any atom is -0.378 e. The number of ether oxygens (including phenoxy) is 1. The van der Waals surface area contributed by atoms with E-state index in [1.807, 2.05) is 0 Å². The maximum atomic E-state index is 12.4.